The summed E-state index contributed by atoms with van der Waals surface area (Å²) in [5, 5.41) is 4.13. The number of carbonyl (C=O) groups is 2. The van der Waals surface area contributed by atoms with Crippen LogP contribution < -0.4 is 5.32 Å². The summed E-state index contributed by atoms with van der Waals surface area (Å²) < 4.78 is 36.0. The third-order valence-corrected chi connectivity index (χ3v) is 9.53. The van der Waals surface area contributed by atoms with Crippen LogP contribution in [0.1, 0.15) is 48.6 Å². The summed E-state index contributed by atoms with van der Waals surface area (Å²) >= 11 is 12.6. The van der Waals surface area contributed by atoms with E-state index in [1.807, 2.05) is 0 Å². The molecule has 0 aliphatic rings. The maximum Gasteiger partial charge on any atom is 0.327 e. The molecular formula is C25H29Cl2N3O6S. The van der Waals surface area contributed by atoms with Gasteiger partial charge >= 0.3 is 5.97 Å². The van der Waals surface area contributed by atoms with Gasteiger partial charge in [0, 0.05) is 19.5 Å². The molecule has 37 heavy (non-hydrogen) atoms. The number of fused-ring (bicyclic) bond motifs is 1. The molecule has 0 bridgehead atoms. The highest BCUT2D eigenvalue weighted by molar-refractivity contribution is 7.93. The van der Waals surface area contributed by atoms with E-state index in [1.54, 1.807) is 43.7 Å². The number of hydrogen-bond acceptors (Lipinski definition) is 7. The second-order valence-corrected chi connectivity index (χ2v) is 12.3. The Morgan fingerprint density at radius 2 is 1.76 bits per heavy atom. The Labute approximate surface area is 226 Å². The quantitative estimate of drug-likeness (QED) is 0.299. The second-order valence-electron chi connectivity index (χ2n) is 9.06. The first-order chi connectivity index (χ1) is 17.2. The number of halogens is 2. The molecule has 3 rings (SSSR count). The average Bonchev–Trinajstić information content (AvgIpc) is 3.18. The third kappa shape index (κ3) is 5.47. The molecule has 0 radical (unpaired) electrons. The number of hydrogen-bond donors (Lipinski definition) is 1. The number of esters is 1. The van der Waals surface area contributed by atoms with Crippen LogP contribution in [0.4, 0.5) is 0 Å². The van der Waals surface area contributed by atoms with Gasteiger partial charge in [0.25, 0.3) is 5.91 Å². The maximum absolute atomic E-state index is 13.1. The van der Waals surface area contributed by atoms with Crippen molar-refractivity contribution in [3.05, 3.63) is 57.3 Å². The average molecular weight is 570 g/mol. The fourth-order valence-corrected chi connectivity index (χ4v) is 5.46. The Morgan fingerprint density at radius 1 is 1.14 bits per heavy atom. The predicted octanol–water partition coefficient (Wildman–Crippen LogP) is 4.42. The number of ether oxygens (including phenoxy) is 2. The lowest BCUT2D eigenvalue weighted by atomic mass is 10.1. The van der Waals surface area contributed by atoms with Gasteiger partial charge in [-0.15, -0.1) is 0 Å². The number of pyridine rings is 1. The van der Waals surface area contributed by atoms with Gasteiger partial charge in [0.1, 0.15) is 17.9 Å². The summed E-state index contributed by atoms with van der Waals surface area (Å²) in [6.07, 6.45) is 0. The smallest absolute Gasteiger partial charge is 0.327 e. The molecule has 0 unspecified atom stereocenters. The largest absolute Gasteiger partial charge is 0.462 e. The van der Waals surface area contributed by atoms with Crippen LogP contribution >= 0.6 is 23.2 Å². The minimum absolute atomic E-state index is 0.0369. The zero-order chi connectivity index (χ0) is 27.7. The van der Waals surface area contributed by atoms with E-state index in [2.05, 4.69) is 10.3 Å². The number of aryl methyl sites for hydroxylation is 2. The standard InChI is InChI=1S/C25H29Cl2N3O6S/c1-14(29-23(31)19-13-18-21(27)20(26)15(2)28-22(18)30(19)5)16-7-9-17(10-8-16)37(33,34)25(3,4)24(32)36-12-11-35-6/h7-10,13-14H,11-12H2,1-6H3,(H,29,31)/t14-/m1/s1. The minimum Gasteiger partial charge on any atom is -0.462 e. The van der Waals surface area contributed by atoms with Crippen LogP contribution in [-0.2, 0) is 31.2 Å². The molecule has 2 heterocycles. The SMILES string of the molecule is COCCOC(=O)C(C)(C)S(=O)(=O)c1ccc([C@@H](C)NC(=O)c2cc3c(Cl)c(Cl)c(C)nc3n2C)cc1. The van der Waals surface area contributed by atoms with Crippen LogP contribution in [0.2, 0.25) is 10.0 Å². The number of sulfone groups is 1. The van der Waals surface area contributed by atoms with Crippen molar-refractivity contribution in [3.8, 4) is 0 Å². The molecule has 200 valence electrons. The van der Waals surface area contributed by atoms with E-state index in [1.165, 1.54) is 33.1 Å². The first kappa shape index (κ1) is 28.9. The Bertz CT molecular complexity index is 1450. The highest BCUT2D eigenvalue weighted by atomic mass is 35.5. The number of benzene rings is 1. The lowest BCUT2D eigenvalue weighted by molar-refractivity contribution is -0.147. The van der Waals surface area contributed by atoms with E-state index in [-0.39, 0.29) is 24.0 Å². The molecule has 0 saturated heterocycles. The molecule has 0 saturated carbocycles. The van der Waals surface area contributed by atoms with Gasteiger partial charge in [0.15, 0.2) is 14.6 Å². The Morgan fingerprint density at radius 3 is 2.35 bits per heavy atom. The van der Waals surface area contributed by atoms with Gasteiger partial charge in [-0.1, -0.05) is 35.3 Å². The molecule has 1 amide bonds. The molecule has 9 nitrogen and oxygen atoms in total. The summed E-state index contributed by atoms with van der Waals surface area (Å²) in [5.74, 6) is -1.23. The zero-order valence-electron chi connectivity index (χ0n) is 21.4. The van der Waals surface area contributed by atoms with Crippen molar-refractivity contribution in [2.45, 2.75) is 43.4 Å². The predicted molar refractivity (Wildman–Crippen MR) is 142 cm³/mol. The summed E-state index contributed by atoms with van der Waals surface area (Å²) in [4.78, 5) is 29.9. The van der Waals surface area contributed by atoms with Crippen LogP contribution in [-0.4, -0.2) is 54.9 Å². The Balaban J connectivity index is 1.79. The number of methoxy groups -OCH3 is 1. The third-order valence-electron chi connectivity index (χ3n) is 6.18. The Hall–Kier alpha value is -2.66. The fraction of sp³-hybridized carbons (Fsp3) is 0.400. The molecule has 2 aromatic heterocycles. The molecular weight excluding hydrogens is 541 g/mol. The normalized spacial score (nSPS) is 13.0. The van der Waals surface area contributed by atoms with Crippen molar-refractivity contribution < 1.29 is 27.5 Å². The summed E-state index contributed by atoms with van der Waals surface area (Å²) in [6.45, 7) is 6.22. The molecule has 12 heteroatoms. The van der Waals surface area contributed by atoms with Crippen molar-refractivity contribution in [2.24, 2.45) is 7.05 Å². The van der Waals surface area contributed by atoms with Crippen LogP contribution in [0.3, 0.4) is 0 Å². The van der Waals surface area contributed by atoms with Crippen molar-refractivity contribution in [2.75, 3.05) is 20.3 Å². The Kier molecular flexibility index (Phi) is 8.58. The number of nitrogens with zero attached hydrogens (tertiary/aromatic N) is 2. The molecule has 1 N–H and O–H groups in total. The lowest BCUT2D eigenvalue weighted by Crippen LogP contribution is -2.42. The summed E-state index contributed by atoms with van der Waals surface area (Å²) in [5.41, 5.74) is 2.09. The van der Waals surface area contributed by atoms with E-state index in [9.17, 15) is 18.0 Å². The molecule has 0 aliphatic heterocycles. The van der Waals surface area contributed by atoms with Crippen LogP contribution in [0.5, 0.6) is 0 Å². The van der Waals surface area contributed by atoms with E-state index < -0.39 is 26.6 Å². The molecule has 0 aliphatic carbocycles. The maximum atomic E-state index is 13.1. The van der Waals surface area contributed by atoms with Crippen molar-refractivity contribution in [1.82, 2.24) is 14.9 Å². The highest BCUT2D eigenvalue weighted by Crippen LogP contribution is 2.33. The van der Waals surface area contributed by atoms with Crippen LogP contribution in [0, 0.1) is 6.92 Å². The van der Waals surface area contributed by atoms with Crippen molar-refractivity contribution in [1.29, 1.82) is 0 Å². The monoisotopic (exact) mass is 569 g/mol. The number of rotatable bonds is 9. The number of amides is 1. The first-order valence-electron chi connectivity index (χ1n) is 11.4. The van der Waals surface area contributed by atoms with Crippen molar-refractivity contribution in [3.63, 3.8) is 0 Å². The van der Waals surface area contributed by atoms with E-state index >= 15 is 0 Å². The van der Waals surface area contributed by atoms with Crippen LogP contribution in [0.15, 0.2) is 35.2 Å². The van der Waals surface area contributed by atoms with E-state index in [0.717, 1.165) is 0 Å². The summed E-state index contributed by atoms with van der Waals surface area (Å²) in [6, 6.07) is 7.16. The number of nitrogens with one attached hydrogen (secondary N) is 1. The lowest BCUT2D eigenvalue weighted by Gasteiger charge is -2.23. The topological polar surface area (TPSA) is 117 Å². The number of aromatic nitrogens is 2. The van der Waals surface area contributed by atoms with E-state index in [4.69, 9.17) is 32.7 Å². The molecule has 0 spiro atoms. The molecule has 3 aromatic rings. The van der Waals surface area contributed by atoms with Gasteiger partial charge in [-0.25, -0.2) is 13.4 Å². The minimum atomic E-state index is -4.05. The van der Waals surface area contributed by atoms with Gasteiger partial charge in [-0.05, 0) is 51.5 Å². The van der Waals surface area contributed by atoms with Crippen LogP contribution in [0.25, 0.3) is 11.0 Å². The van der Waals surface area contributed by atoms with Gasteiger partial charge in [-0.2, -0.15) is 0 Å². The molecule has 0 fully saturated rings. The first-order valence-corrected chi connectivity index (χ1v) is 13.6. The second kappa shape index (κ2) is 11.0. The van der Waals surface area contributed by atoms with Gasteiger partial charge in [0.05, 0.1) is 33.3 Å². The van der Waals surface area contributed by atoms with Gasteiger partial charge < -0.3 is 19.4 Å². The fourth-order valence-electron chi connectivity index (χ4n) is 3.68. The highest BCUT2D eigenvalue weighted by Gasteiger charge is 2.44. The zero-order valence-corrected chi connectivity index (χ0v) is 23.7. The molecule has 1 atom stereocenters. The number of carbonyl (C=O) groups excluding carboxylic acids is 2. The van der Waals surface area contributed by atoms with E-state index in [0.29, 0.717) is 38.0 Å². The summed E-state index contributed by atoms with van der Waals surface area (Å²) in [7, 11) is -0.892. The van der Waals surface area contributed by atoms with Gasteiger partial charge in [0.2, 0.25) is 0 Å². The van der Waals surface area contributed by atoms with Gasteiger partial charge in [-0.3, -0.25) is 9.59 Å². The molecule has 1 aromatic carbocycles. The van der Waals surface area contributed by atoms with Crippen molar-refractivity contribution >= 4 is 55.9 Å².